The lowest BCUT2D eigenvalue weighted by Gasteiger charge is -2.14. The Kier molecular flexibility index (Phi) is 4.20. The lowest BCUT2D eigenvalue weighted by atomic mass is 10.0. The molecule has 0 radical (unpaired) electrons. The molecule has 102 valence electrons. The van der Waals surface area contributed by atoms with Gasteiger partial charge < -0.3 is 10.2 Å². The van der Waals surface area contributed by atoms with E-state index >= 15 is 0 Å². The highest BCUT2D eigenvalue weighted by Gasteiger charge is 2.24. The van der Waals surface area contributed by atoms with E-state index in [1.54, 1.807) is 4.90 Å². The molecule has 1 aliphatic rings. The minimum atomic E-state index is -0.542. The minimum Gasteiger partial charge on any atom is -0.334 e. The number of hydrogen-bond acceptors (Lipinski definition) is 2. The summed E-state index contributed by atoms with van der Waals surface area (Å²) in [6.45, 7) is 5.62. The lowest BCUT2D eigenvalue weighted by Crippen LogP contribution is -2.37. The number of carbonyl (C=O) groups excluding carboxylic acids is 2. The van der Waals surface area contributed by atoms with Crippen LogP contribution in [0.15, 0.2) is 24.3 Å². The smallest absolute Gasteiger partial charge is 0.313 e. The van der Waals surface area contributed by atoms with Gasteiger partial charge in [0.05, 0.1) is 0 Å². The molecule has 19 heavy (non-hydrogen) atoms. The van der Waals surface area contributed by atoms with Crippen LogP contribution >= 0.6 is 0 Å². The first kappa shape index (κ1) is 13.6. The van der Waals surface area contributed by atoms with Gasteiger partial charge in [-0.25, -0.2) is 0 Å². The maximum Gasteiger partial charge on any atom is 0.313 e. The van der Waals surface area contributed by atoms with Crippen molar-refractivity contribution in [3.63, 3.8) is 0 Å². The fraction of sp³-hybridized carbons (Fsp3) is 0.467. The Morgan fingerprint density at radius 1 is 1.11 bits per heavy atom. The fourth-order valence-corrected chi connectivity index (χ4v) is 2.20. The molecule has 0 saturated carbocycles. The zero-order valence-electron chi connectivity index (χ0n) is 11.5. The summed E-state index contributed by atoms with van der Waals surface area (Å²) in [4.78, 5) is 25.3. The molecule has 4 heteroatoms. The van der Waals surface area contributed by atoms with Crippen LogP contribution in [0.5, 0.6) is 0 Å². The molecule has 0 aliphatic carbocycles. The molecule has 1 fully saturated rings. The van der Waals surface area contributed by atoms with E-state index < -0.39 is 11.8 Å². The Morgan fingerprint density at radius 3 is 2.21 bits per heavy atom. The predicted octanol–water partition coefficient (Wildman–Crippen LogP) is 2.37. The van der Waals surface area contributed by atoms with E-state index in [4.69, 9.17) is 0 Å². The standard InChI is InChI=1S/C15H20N2O2/c1-11(2)12-5-7-13(8-6-12)16-14(18)15(19)17-9-3-4-10-17/h5-8,11H,3-4,9-10H2,1-2H3,(H,16,18). The van der Waals surface area contributed by atoms with Gasteiger partial charge in [0.15, 0.2) is 0 Å². The highest BCUT2D eigenvalue weighted by Crippen LogP contribution is 2.17. The highest BCUT2D eigenvalue weighted by atomic mass is 16.2. The number of rotatable bonds is 2. The Labute approximate surface area is 113 Å². The number of carbonyl (C=O) groups is 2. The van der Waals surface area contributed by atoms with Crippen molar-refractivity contribution < 1.29 is 9.59 Å². The van der Waals surface area contributed by atoms with E-state index in [9.17, 15) is 9.59 Å². The van der Waals surface area contributed by atoms with Crippen LogP contribution < -0.4 is 5.32 Å². The minimum absolute atomic E-state index is 0.426. The maximum absolute atomic E-state index is 11.8. The Morgan fingerprint density at radius 2 is 1.68 bits per heavy atom. The van der Waals surface area contributed by atoms with Crippen LogP contribution in [0.4, 0.5) is 5.69 Å². The number of nitrogens with one attached hydrogen (secondary N) is 1. The van der Waals surface area contributed by atoms with Crippen molar-refractivity contribution in [3.05, 3.63) is 29.8 Å². The van der Waals surface area contributed by atoms with E-state index in [1.807, 2.05) is 24.3 Å². The molecule has 0 atom stereocenters. The average Bonchev–Trinajstić information content (AvgIpc) is 2.92. The third-order valence-electron chi connectivity index (χ3n) is 3.42. The van der Waals surface area contributed by atoms with Crippen molar-refractivity contribution in [1.29, 1.82) is 0 Å². The number of benzene rings is 1. The van der Waals surface area contributed by atoms with Crippen molar-refractivity contribution in [3.8, 4) is 0 Å². The van der Waals surface area contributed by atoms with Crippen molar-refractivity contribution in [2.45, 2.75) is 32.6 Å². The van der Waals surface area contributed by atoms with Gasteiger partial charge in [0.2, 0.25) is 0 Å². The van der Waals surface area contributed by atoms with Gasteiger partial charge in [0.25, 0.3) is 0 Å². The first-order valence-corrected chi connectivity index (χ1v) is 6.78. The van der Waals surface area contributed by atoms with Crippen molar-refractivity contribution >= 4 is 17.5 Å². The lowest BCUT2D eigenvalue weighted by molar-refractivity contribution is -0.142. The summed E-state index contributed by atoms with van der Waals surface area (Å²) in [7, 11) is 0. The molecule has 0 unspecified atom stereocenters. The summed E-state index contributed by atoms with van der Waals surface area (Å²) in [6.07, 6.45) is 1.98. The second kappa shape index (κ2) is 5.87. The van der Waals surface area contributed by atoms with Crippen LogP contribution in [0.3, 0.4) is 0 Å². The summed E-state index contributed by atoms with van der Waals surface area (Å²) < 4.78 is 0. The number of anilines is 1. The van der Waals surface area contributed by atoms with Gasteiger partial charge in [-0.3, -0.25) is 9.59 Å². The van der Waals surface area contributed by atoms with E-state index in [-0.39, 0.29) is 0 Å². The molecular formula is C15H20N2O2. The summed E-state index contributed by atoms with van der Waals surface area (Å²) in [5.74, 6) is -0.513. The van der Waals surface area contributed by atoms with Gasteiger partial charge in [-0.15, -0.1) is 0 Å². The van der Waals surface area contributed by atoms with Crippen molar-refractivity contribution in [1.82, 2.24) is 4.90 Å². The van der Waals surface area contributed by atoms with E-state index in [0.717, 1.165) is 12.8 Å². The molecule has 1 heterocycles. The second-order valence-corrected chi connectivity index (χ2v) is 5.23. The summed E-state index contributed by atoms with van der Waals surface area (Å²) in [6, 6.07) is 7.62. The van der Waals surface area contributed by atoms with Gasteiger partial charge in [-0.2, -0.15) is 0 Å². The molecule has 1 aliphatic heterocycles. The molecule has 1 aromatic rings. The van der Waals surface area contributed by atoms with Gasteiger partial charge in [0, 0.05) is 18.8 Å². The molecular weight excluding hydrogens is 240 g/mol. The molecule has 1 saturated heterocycles. The number of amides is 2. The molecule has 0 bridgehead atoms. The van der Waals surface area contributed by atoms with Crippen LogP contribution in [0, 0.1) is 0 Å². The van der Waals surface area contributed by atoms with Crippen LogP contribution in [0.1, 0.15) is 38.2 Å². The number of likely N-dealkylation sites (tertiary alicyclic amines) is 1. The quantitative estimate of drug-likeness (QED) is 0.830. The van der Waals surface area contributed by atoms with Crippen molar-refractivity contribution in [2.75, 3.05) is 18.4 Å². The van der Waals surface area contributed by atoms with Gasteiger partial charge in [0.1, 0.15) is 0 Å². The number of hydrogen-bond donors (Lipinski definition) is 1. The summed E-state index contributed by atoms with van der Waals surface area (Å²) in [5, 5.41) is 2.65. The molecule has 4 nitrogen and oxygen atoms in total. The average molecular weight is 260 g/mol. The first-order valence-electron chi connectivity index (χ1n) is 6.78. The molecule has 0 aromatic heterocycles. The summed E-state index contributed by atoms with van der Waals surface area (Å²) in [5.41, 5.74) is 1.88. The Balaban J connectivity index is 1.96. The largest absolute Gasteiger partial charge is 0.334 e. The third-order valence-corrected chi connectivity index (χ3v) is 3.42. The molecule has 1 N–H and O–H groups in total. The van der Waals surface area contributed by atoms with Crippen molar-refractivity contribution in [2.24, 2.45) is 0 Å². The van der Waals surface area contributed by atoms with E-state index in [0.29, 0.717) is 24.7 Å². The first-order chi connectivity index (χ1) is 9.08. The monoisotopic (exact) mass is 260 g/mol. The Bertz CT molecular complexity index is 460. The van der Waals surface area contributed by atoms with Crippen LogP contribution in [-0.2, 0) is 9.59 Å². The zero-order chi connectivity index (χ0) is 13.8. The number of nitrogens with zero attached hydrogens (tertiary/aromatic N) is 1. The highest BCUT2D eigenvalue weighted by molar-refractivity contribution is 6.39. The SMILES string of the molecule is CC(C)c1ccc(NC(=O)C(=O)N2CCCC2)cc1. The molecule has 2 rings (SSSR count). The zero-order valence-corrected chi connectivity index (χ0v) is 11.5. The normalized spacial score (nSPS) is 14.8. The molecule has 0 spiro atoms. The van der Waals surface area contributed by atoms with Crippen LogP contribution in [-0.4, -0.2) is 29.8 Å². The predicted molar refractivity (Wildman–Crippen MR) is 75.0 cm³/mol. The molecule has 2 amide bonds. The maximum atomic E-state index is 11.8. The van der Waals surface area contributed by atoms with Crippen LogP contribution in [0.2, 0.25) is 0 Å². The summed E-state index contributed by atoms with van der Waals surface area (Å²) >= 11 is 0. The topological polar surface area (TPSA) is 49.4 Å². The van der Waals surface area contributed by atoms with E-state index in [2.05, 4.69) is 19.2 Å². The fourth-order valence-electron chi connectivity index (χ4n) is 2.20. The third kappa shape index (κ3) is 3.34. The van der Waals surface area contributed by atoms with Crippen LogP contribution in [0.25, 0.3) is 0 Å². The van der Waals surface area contributed by atoms with E-state index in [1.165, 1.54) is 5.56 Å². The molecule has 1 aromatic carbocycles. The van der Waals surface area contributed by atoms with Gasteiger partial charge in [-0.1, -0.05) is 26.0 Å². The second-order valence-electron chi connectivity index (χ2n) is 5.23. The van der Waals surface area contributed by atoms with Gasteiger partial charge in [-0.05, 0) is 36.5 Å². The van der Waals surface area contributed by atoms with Gasteiger partial charge >= 0.3 is 11.8 Å². The Hall–Kier alpha value is -1.84.